The van der Waals surface area contributed by atoms with Crippen LogP contribution < -0.4 is 20.3 Å². The molecule has 1 aromatic heterocycles. The number of nitrogens with zero attached hydrogens (tertiary/aromatic N) is 4. The van der Waals surface area contributed by atoms with Gasteiger partial charge < -0.3 is 25.2 Å². The molecule has 0 radical (unpaired) electrons. The molecule has 0 saturated carbocycles. The molecule has 2 aromatic rings. The minimum absolute atomic E-state index is 0.00316. The second-order valence-corrected chi connectivity index (χ2v) is 11.4. The Morgan fingerprint density at radius 2 is 1.98 bits per heavy atom. The molecule has 0 unspecified atom stereocenters. The van der Waals surface area contributed by atoms with Crippen LogP contribution in [0.3, 0.4) is 0 Å². The summed E-state index contributed by atoms with van der Waals surface area (Å²) >= 11 is 0. The number of likely N-dealkylation sites (N-methyl/N-ethyl adjacent to an activating group) is 1. The summed E-state index contributed by atoms with van der Waals surface area (Å²) in [7, 11) is 2.15. The highest BCUT2D eigenvalue weighted by atomic mass is 16.5. The number of likely N-dealkylation sites (tertiary alicyclic amines) is 1. The molecule has 3 atom stereocenters. The fourth-order valence-electron chi connectivity index (χ4n) is 5.94. The highest BCUT2D eigenvalue weighted by Crippen LogP contribution is 2.35. The molecule has 1 fully saturated rings. The van der Waals surface area contributed by atoms with Crippen LogP contribution in [0.5, 0.6) is 6.01 Å². The van der Waals surface area contributed by atoms with Gasteiger partial charge in [0.25, 0.3) is 0 Å². The van der Waals surface area contributed by atoms with Crippen LogP contribution in [0.1, 0.15) is 69.7 Å². The Kier molecular flexibility index (Phi) is 10.8. The lowest BCUT2D eigenvalue weighted by molar-refractivity contribution is -0.116. The van der Waals surface area contributed by atoms with Crippen LogP contribution >= 0.6 is 0 Å². The van der Waals surface area contributed by atoms with Gasteiger partial charge in [-0.1, -0.05) is 45.0 Å². The fourth-order valence-corrected chi connectivity index (χ4v) is 5.94. The van der Waals surface area contributed by atoms with Crippen molar-refractivity contribution in [3.05, 3.63) is 53.7 Å². The molecule has 8 heteroatoms. The maximum absolute atomic E-state index is 11.7. The molecule has 0 bridgehead atoms. The Morgan fingerprint density at radius 3 is 2.73 bits per heavy atom. The molecule has 1 saturated heterocycles. The third kappa shape index (κ3) is 7.53. The summed E-state index contributed by atoms with van der Waals surface area (Å²) in [5.74, 6) is 0.658. The summed E-state index contributed by atoms with van der Waals surface area (Å²) in [6, 6.07) is 10.1. The van der Waals surface area contributed by atoms with Crippen LogP contribution in [0.25, 0.3) is 0 Å². The third-order valence-electron chi connectivity index (χ3n) is 8.04. The zero-order valence-corrected chi connectivity index (χ0v) is 24.9. The average Bonchev–Trinajstić information content (AvgIpc) is 3.39. The van der Waals surface area contributed by atoms with Crippen molar-refractivity contribution in [2.45, 2.75) is 90.3 Å². The minimum atomic E-state index is -0.173. The number of nitrogens with one attached hydrogen (secondary N) is 2. The number of hydrogen-bond acceptors (Lipinski definition) is 7. The van der Waals surface area contributed by atoms with E-state index in [-0.39, 0.29) is 11.9 Å². The van der Waals surface area contributed by atoms with E-state index in [1.54, 1.807) is 0 Å². The number of rotatable bonds is 9. The molecule has 1 amide bonds. The molecular formula is C32H48N6O2. The van der Waals surface area contributed by atoms with E-state index < -0.39 is 0 Å². The van der Waals surface area contributed by atoms with Gasteiger partial charge in [0.05, 0.1) is 5.69 Å². The number of carbonyl (C=O) groups excluding carboxylic acids is 1. The van der Waals surface area contributed by atoms with Gasteiger partial charge in [0.2, 0.25) is 5.91 Å². The summed E-state index contributed by atoms with van der Waals surface area (Å²) in [5, 5.41) is 6.40. The van der Waals surface area contributed by atoms with Crippen molar-refractivity contribution in [2.75, 3.05) is 43.5 Å². The van der Waals surface area contributed by atoms with Crippen LogP contribution in [0, 0.1) is 0 Å². The van der Waals surface area contributed by atoms with Gasteiger partial charge in [0, 0.05) is 48.9 Å². The number of carbonyl (C=O) groups is 1. The summed E-state index contributed by atoms with van der Waals surface area (Å²) in [6.07, 6.45) is 10.1. The van der Waals surface area contributed by atoms with Gasteiger partial charge in [-0.3, -0.25) is 4.79 Å². The fraction of sp³-hybridized carbons (Fsp3) is 0.594. The molecule has 8 nitrogen and oxygen atoms in total. The van der Waals surface area contributed by atoms with Gasteiger partial charge in [-0.2, -0.15) is 9.97 Å². The highest BCUT2D eigenvalue weighted by molar-refractivity contribution is 5.86. The minimum Gasteiger partial charge on any atom is -0.462 e. The number of amides is 1. The van der Waals surface area contributed by atoms with Gasteiger partial charge in [-0.15, -0.1) is 0 Å². The summed E-state index contributed by atoms with van der Waals surface area (Å²) in [4.78, 5) is 26.4. The smallest absolute Gasteiger partial charge is 0.318 e. The van der Waals surface area contributed by atoms with Crippen LogP contribution in [0.4, 0.5) is 11.5 Å². The molecule has 2 aliphatic heterocycles. The Morgan fingerprint density at radius 1 is 1.18 bits per heavy atom. The van der Waals surface area contributed by atoms with E-state index in [4.69, 9.17) is 14.7 Å². The van der Waals surface area contributed by atoms with E-state index in [1.165, 1.54) is 42.2 Å². The summed E-state index contributed by atoms with van der Waals surface area (Å²) < 4.78 is 6.20. The lowest BCUT2D eigenvalue weighted by Gasteiger charge is -2.40. The van der Waals surface area contributed by atoms with Crippen molar-refractivity contribution < 1.29 is 9.53 Å². The number of hydrogen-bond donors (Lipinski definition) is 2. The number of ether oxygens (including phenoxy) is 1. The zero-order chi connectivity index (χ0) is 28.5. The van der Waals surface area contributed by atoms with Crippen molar-refractivity contribution in [3.63, 3.8) is 0 Å². The topological polar surface area (TPSA) is 82.6 Å². The molecule has 218 valence electrons. The normalized spacial score (nSPS) is 20.9. The number of para-hydroxylation sites is 1. The predicted molar refractivity (Wildman–Crippen MR) is 163 cm³/mol. The lowest BCUT2D eigenvalue weighted by Crippen LogP contribution is -2.43. The largest absolute Gasteiger partial charge is 0.462 e. The van der Waals surface area contributed by atoms with Crippen molar-refractivity contribution in [1.82, 2.24) is 20.2 Å². The molecule has 5 rings (SSSR count). The maximum atomic E-state index is 11.7. The first-order valence-electron chi connectivity index (χ1n) is 15.2. The van der Waals surface area contributed by atoms with Gasteiger partial charge in [0.15, 0.2) is 0 Å². The summed E-state index contributed by atoms with van der Waals surface area (Å²) in [5.41, 5.74) is 5.08. The summed E-state index contributed by atoms with van der Waals surface area (Å²) in [6.45, 7) is 13.1. The Balaban J connectivity index is 0.00000118. The van der Waals surface area contributed by atoms with E-state index >= 15 is 0 Å². The molecule has 2 N–H and O–H groups in total. The van der Waals surface area contributed by atoms with E-state index in [1.807, 2.05) is 6.92 Å². The Labute approximate surface area is 240 Å². The predicted octanol–water partition coefficient (Wildman–Crippen LogP) is 4.78. The van der Waals surface area contributed by atoms with Gasteiger partial charge in [-0.05, 0) is 76.7 Å². The molecule has 40 heavy (non-hydrogen) atoms. The number of aromatic nitrogens is 2. The van der Waals surface area contributed by atoms with Crippen LogP contribution in [0.15, 0.2) is 36.9 Å². The van der Waals surface area contributed by atoms with E-state index in [0.717, 1.165) is 56.7 Å². The van der Waals surface area contributed by atoms with Gasteiger partial charge in [-0.25, -0.2) is 0 Å². The van der Waals surface area contributed by atoms with Crippen molar-refractivity contribution in [1.29, 1.82) is 0 Å². The van der Waals surface area contributed by atoms with Crippen LogP contribution in [-0.2, 0) is 24.1 Å². The van der Waals surface area contributed by atoms with Gasteiger partial charge >= 0.3 is 6.01 Å². The van der Waals surface area contributed by atoms with Gasteiger partial charge in [0.1, 0.15) is 12.4 Å². The average molecular weight is 549 g/mol. The van der Waals surface area contributed by atoms with E-state index in [2.05, 4.69) is 72.2 Å². The van der Waals surface area contributed by atoms with Crippen LogP contribution in [0.2, 0.25) is 0 Å². The van der Waals surface area contributed by atoms with Crippen molar-refractivity contribution >= 4 is 17.4 Å². The SMILES string of the molecule is C=CC(=O)NC[C@H](C)Nc1nc(OC[C@@H]2CCCN2C)nc2c1CC[C@H](N1CCCc3ccccc31)C2.CCC. The Bertz CT molecular complexity index is 1140. The van der Waals surface area contributed by atoms with Crippen LogP contribution in [-0.4, -0.2) is 72.2 Å². The molecular weight excluding hydrogens is 500 g/mol. The molecule has 1 aliphatic carbocycles. The Hall–Kier alpha value is -3.13. The molecule has 0 spiro atoms. The first-order chi connectivity index (χ1) is 19.4. The first-order valence-corrected chi connectivity index (χ1v) is 15.2. The van der Waals surface area contributed by atoms with Crippen molar-refractivity contribution in [3.8, 4) is 6.01 Å². The maximum Gasteiger partial charge on any atom is 0.318 e. The second-order valence-electron chi connectivity index (χ2n) is 11.4. The highest BCUT2D eigenvalue weighted by Gasteiger charge is 2.31. The van der Waals surface area contributed by atoms with E-state index in [9.17, 15) is 4.79 Å². The molecule has 1 aromatic carbocycles. The molecule has 3 aliphatic rings. The quantitative estimate of drug-likeness (QED) is 0.437. The zero-order valence-electron chi connectivity index (χ0n) is 24.9. The number of aryl methyl sites for hydroxylation is 1. The lowest BCUT2D eigenvalue weighted by atomic mass is 9.89. The molecule has 3 heterocycles. The van der Waals surface area contributed by atoms with Crippen molar-refractivity contribution in [2.24, 2.45) is 0 Å². The number of anilines is 2. The standard InChI is InChI=1S/C29H40N6O2.C3H8/c1-4-27(36)30-18-20(2)31-28-24-14-13-22(35-16-7-10-21-9-5-6-12-26(21)35)17-25(24)32-29(33-28)37-19-23-11-8-15-34(23)3;1-3-2/h4-6,9,12,20,22-23H,1,7-8,10-11,13-19H2,2-3H3,(H,30,36)(H,31,32,33);3H2,1-2H3/t20-,22-,23-;/m0./s1. The second kappa shape index (κ2) is 14.5. The third-order valence-corrected chi connectivity index (χ3v) is 8.04. The number of benzene rings is 1. The number of fused-ring (bicyclic) bond motifs is 2. The van der Waals surface area contributed by atoms with E-state index in [0.29, 0.717) is 31.2 Å². The first kappa shape index (κ1) is 29.8. The monoisotopic (exact) mass is 548 g/mol.